The molecule has 1 aliphatic carbocycles. The lowest BCUT2D eigenvalue weighted by atomic mass is 9.72. The molecule has 9 heteroatoms. The summed E-state index contributed by atoms with van der Waals surface area (Å²) >= 11 is 0. The molecule has 2 aliphatic rings. The summed E-state index contributed by atoms with van der Waals surface area (Å²) in [6, 6.07) is 5.34. The number of aromatic nitrogens is 4. The van der Waals surface area contributed by atoms with Crippen LogP contribution in [0.2, 0.25) is 0 Å². The summed E-state index contributed by atoms with van der Waals surface area (Å²) in [5.74, 6) is 2.02. The second-order valence-electron chi connectivity index (χ2n) is 8.83. The zero-order valence-electron chi connectivity index (χ0n) is 17.9. The number of nitrogens with zero attached hydrogens (tertiary/aromatic N) is 4. The Bertz CT molecular complexity index is 1350. The van der Waals surface area contributed by atoms with Crippen molar-refractivity contribution in [2.24, 2.45) is 17.6 Å². The van der Waals surface area contributed by atoms with Crippen LogP contribution in [-0.4, -0.2) is 46.1 Å². The summed E-state index contributed by atoms with van der Waals surface area (Å²) in [5, 5.41) is 4.60. The summed E-state index contributed by atoms with van der Waals surface area (Å²) in [4.78, 5) is 19.2. The van der Waals surface area contributed by atoms with Gasteiger partial charge in [0.05, 0.1) is 22.8 Å². The second-order valence-corrected chi connectivity index (χ2v) is 8.83. The second kappa shape index (κ2) is 7.03. The average molecular weight is 433 g/mol. The van der Waals surface area contributed by atoms with E-state index in [1.165, 1.54) is 12.1 Å². The van der Waals surface area contributed by atoms with Crippen molar-refractivity contribution in [1.82, 2.24) is 19.9 Å². The van der Waals surface area contributed by atoms with E-state index < -0.39 is 0 Å². The van der Waals surface area contributed by atoms with Crippen LogP contribution in [0.5, 0.6) is 11.8 Å². The number of anilines is 2. The van der Waals surface area contributed by atoms with Crippen molar-refractivity contribution in [3.05, 3.63) is 42.0 Å². The Morgan fingerprint density at radius 3 is 2.84 bits per heavy atom. The maximum atomic E-state index is 14.4. The standard InChI is InChI=1S/C23H24FN7O/c1-11-3-14(8-27-7-11)32-23-29-21-19(15-5-13(24)6-18(26-2)20(15)28-21)22(30-23)31-9-12-4-17(25)16(12)10-31/h3,5-8,12,16-17,26H,4,9-10,25H2,1-2H3,(H,28,29,30). The van der Waals surface area contributed by atoms with Gasteiger partial charge >= 0.3 is 6.01 Å². The number of rotatable bonds is 4. The number of H-pyrrole nitrogens is 1. The predicted octanol–water partition coefficient (Wildman–Crippen LogP) is 3.57. The average Bonchev–Trinajstić information content (AvgIpc) is 3.30. The van der Waals surface area contributed by atoms with Crippen molar-refractivity contribution in [2.45, 2.75) is 19.4 Å². The van der Waals surface area contributed by atoms with Crippen LogP contribution >= 0.6 is 0 Å². The number of halogens is 1. The minimum absolute atomic E-state index is 0.224. The van der Waals surface area contributed by atoms with E-state index in [0.29, 0.717) is 28.9 Å². The van der Waals surface area contributed by atoms with Crippen molar-refractivity contribution >= 4 is 33.4 Å². The molecule has 0 amide bonds. The third-order valence-corrected chi connectivity index (χ3v) is 6.73. The number of nitrogens with two attached hydrogens (primary N) is 1. The van der Waals surface area contributed by atoms with Crippen LogP contribution in [0.4, 0.5) is 15.9 Å². The van der Waals surface area contributed by atoms with Crippen LogP contribution in [0.1, 0.15) is 12.0 Å². The topological polar surface area (TPSA) is 105 Å². The first-order valence-electron chi connectivity index (χ1n) is 10.8. The first kappa shape index (κ1) is 19.2. The molecule has 1 saturated carbocycles. The van der Waals surface area contributed by atoms with Crippen LogP contribution < -0.4 is 20.7 Å². The molecule has 0 radical (unpaired) electrons. The Balaban J connectivity index is 1.54. The Morgan fingerprint density at radius 2 is 2.09 bits per heavy atom. The Kier molecular flexibility index (Phi) is 4.23. The summed E-state index contributed by atoms with van der Waals surface area (Å²) in [5.41, 5.74) is 9.27. The molecule has 1 aliphatic heterocycles. The van der Waals surface area contributed by atoms with Crippen molar-refractivity contribution in [1.29, 1.82) is 0 Å². The normalized spacial score (nSPS) is 22.2. The Morgan fingerprint density at radius 1 is 1.22 bits per heavy atom. The van der Waals surface area contributed by atoms with E-state index in [-0.39, 0.29) is 17.9 Å². The lowest BCUT2D eigenvalue weighted by Gasteiger charge is -2.36. The van der Waals surface area contributed by atoms with E-state index in [0.717, 1.165) is 47.2 Å². The van der Waals surface area contributed by atoms with Gasteiger partial charge in [-0.1, -0.05) is 0 Å². The number of nitrogens with one attached hydrogen (secondary N) is 2. The number of ether oxygens (including phenoxy) is 1. The molecule has 1 aromatic carbocycles. The van der Waals surface area contributed by atoms with Crippen LogP contribution in [-0.2, 0) is 0 Å². The molecule has 1 saturated heterocycles. The van der Waals surface area contributed by atoms with E-state index in [9.17, 15) is 4.39 Å². The molecule has 164 valence electrons. The molecule has 3 unspecified atom stereocenters. The van der Waals surface area contributed by atoms with Gasteiger partial charge in [-0.2, -0.15) is 9.97 Å². The molecule has 32 heavy (non-hydrogen) atoms. The third-order valence-electron chi connectivity index (χ3n) is 6.73. The highest BCUT2D eigenvalue weighted by Crippen LogP contribution is 2.44. The van der Waals surface area contributed by atoms with E-state index in [1.807, 2.05) is 13.0 Å². The molecule has 2 fully saturated rings. The minimum atomic E-state index is -0.316. The van der Waals surface area contributed by atoms with Crippen molar-refractivity contribution in [3.63, 3.8) is 0 Å². The molecule has 4 heterocycles. The van der Waals surface area contributed by atoms with Crippen LogP contribution in [0.15, 0.2) is 30.6 Å². The van der Waals surface area contributed by atoms with Gasteiger partial charge in [-0.3, -0.25) is 4.98 Å². The third kappa shape index (κ3) is 2.96. The monoisotopic (exact) mass is 433 g/mol. The van der Waals surface area contributed by atoms with Crippen molar-refractivity contribution < 1.29 is 9.13 Å². The Hall–Kier alpha value is -3.46. The number of aromatic amines is 1. The van der Waals surface area contributed by atoms with Crippen LogP contribution in [0, 0.1) is 24.6 Å². The lowest BCUT2D eigenvalue weighted by molar-refractivity contribution is 0.194. The van der Waals surface area contributed by atoms with E-state index in [2.05, 4.69) is 25.2 Å². The van der Waals surface area contributed by atoms with Gasteiger partial charge in [0.2, 0.25) is 0 Å². The van der Waals surface area contributed by atoms with Gasteiger partial charge in [0.1, 0.15) is 23.0 Å². The highest BCUT2D eigenvalue weighted by molar-refractivity contribution is 6.14. The van der Waals surface area contributed by atoms with Gasteiger partial charge in [0.15, 0.2) is 0 Å². The molecule has 4 aromatic rings. The van der Waals surface area contributed by atoms with Gasteiger partial charge in [-0.25, -0.2) is 4.39 Å². The maximum absolute atomic E-state index is 14.4. The summed E-state index contributed by atoms with van der Waals surface area (Å²) in [7, 11) is 1.77. The van der Waals surface area contributed by atoms with Gasteiger partial charge in [-0.15, -0.1) is 0 Å². The SMILES string of the molecule is CNc1cc(F)cc2c1[nH]c1nc(Oc3cncc(C)c3)nc(N3CC4CC(N)C4C3)c12. The van der Waals surface area contributed by atoms with E-state index >= 15 is 0 Å². The first-order valence-corrected chi connectivity index (χ1v) is 10.8. The smallest absolute Gasteiger partial charge is 0.326 e. The predicted molar refractivity (Wildman–Crippen MR) is 122 cm³/mol. The van der Waals surface area contributed by atoms with Crippen molar-refractivity contribution in [2.75, 3.05) is 30.4 Å². The van der Waals surface area contributed by atoms with Crippen LogP contribution in [0.25, 0.3) is 21.9 Å². The zero-order valence-corrected chi connectivity index (χ0v) is 17.9. The summed E-state index contributed by atoms with van der Waals surface area (Å²) in [6.07, 6.45) is 4.42. The van der Waals surface area contributed by atoms with Gasteiger partial charge in [0.25, 0.3) is 0 Å². The highest BCUT2D eigenvalue weighted by Gasteiger charge is 2.46. The van der Waals surface area contributed by atoms with Gasteiger partial charge in [0, 0.05) is 37.8 Å². The molecular formula is C23H24FN7O. The first-order chi connectivity index (χ1) is 15.5. The number of hydrogen-bond acceptors (Lipinski definition) is 7. The molecule has 0 spiro atoms. The summed E-state index contributed by atoms with van der Waals surface area (Å²) in [6.45, 7) is 3.64. The molecule has 0 bridgehead atoms. The van der Waals surface area contributed by atoms with Gasteiger partial charge < -0.3 is 25.7 Å². The highest BCUT2D eigenvalue weighted by atomic mass is 19.1. The fourth-order valence-electron chi connectivity index (χ4n) is 5.12. The Labute approximate surface area is 184 Å². The minimum Gasteiger partial charge on any atom is -0.423 e. The molecule has 3 aromatic heterocycles. The van der Waals surface area contributed by atoms with Crippen LogP contribution in [0.3, 0.4) is 0 Å². The maximum Gasteiger partial charge on any atom is 0.326 e. The largest absolute Gasteiger partial charge is 0.423 e. The van der Waals surface area contributed by atoms with E-state index in [1.54, 1.807) is 19.4 Å². The number of aryl methyl sites for hydroxylation is 1. The fourth-order valence-corrected chi connectivity index (χ4v) is 5.12. The number of hydrogen-bond donors (Lipinski definition) is 3. The molecule has 4 N–H and O–H groups in total. The quantitative estimate of drug-likeness (QED) is 0.452. The van der Waals surface area contributed by atoms with E-state index in [4.69, 9.17) is 15.5 Å². The van der Waals surface area contributed by atoms with Gasteiger partial charge in [-0.05, 0) is 48.9 Å². The molecule has 6 rings (SSSR count). The molecule has 3 atom stereocenters. The zero-order chi connectivity index (χ0) is 22.0. The number of fused-ring (bicyclic) bond motifs is 4. The lowest BCUT2D eigenvalue weighted by Crippen LogP contribution is -2.46. The number of pyridine rings is 1. The number of benzene rings is 1. The molecule has 8 nitrogen and oxygen atoms in total. The molecular weight excluding hydrogens is 409 g/mol. The summed E-state index contributed by atoms with van der Waals surface area (Å²) < 4.78 is 20.4. The van der Waals surface area contributed by atoms with Crippen molar-refractivity contribution in [3.8, 4) is 11.8 Å². The fraction of sp³-hybridized carbons (Fsp3) is 0.348.